The summed E-state index contributed by atoms with van der Waals surface area (Å²) >= 11 is 0. The maximum absolute atomic E-state index is 14.2. The first kappa shape index (κ1) is 29.8. The van der Waals surface area contributed by atoms with E-state index in [0.29, 0.717) is 55.6 Å². The predicted molar refractivity (Wildman–Crippen MR) is 174 cm³/mol. The van der Waals surface area contributed by atoms with Gasteiger partial charge in [-0.1, -0.05) is 13.0 Å². The topological polar surface area (TPSA) is 130 Å². The molecule has 1 unspecified atom stereocenters. The van der Waals surface area contributed by atoms with E-state index >= 15 is 0 Å². The molecule has 5 heterocycles. The number of halogens is 1. The van der Waals surface area contributed by atoms with Crippen LogP contribution in [-0.2, 0) is 19.3 Å². The Kier molecular flexibility index (Phi) is 7.89. The molecule has 1 fully saturated rings. The molecular formula is C34H38FN9O2. The summed E-state index contributed by atoms with van der Waals surface area (Å²) in [6.07, 6.45) is 6.30. The second-order valence-electron chi connectivity index (χ2n) is 12.3. The molecule has 238 valence electrons. The van der Waals surface area contributed by atoms with Gasteiger partial charge in [0.05, 0.1) is 23.6 Å². The third kappa shape index (κ3) is 5.57. The van der Waals surface area contributed by atoms with Gasteiger partial charge in [0, 0.05) is 56.1 Å². The zero-order chi connectivity index (χ0) is 31.9. The van der Waals surface area contributed by atoms with Crippen LogP contribution >= 0.6 is 0 Å². The van der Waals surface area contributed by atoms with Gasteiger partial charge >= 0.3 is 0 Å². The number of imidazole rings is 1. The molecule has 2 aromatic carbocycles. The van der Waals surface area contributed by atoms with E-state index in [1.807, 2.05) is 30.0 Å². The maximum atomic E-state index is 14.2. The molecule has 1 amide bonds. The minimum Gasteiger partial charge on any atom is -0.505 e. The van der Waals surface area contributed by atoms with Crippen molar-refractivity contribution in [3.63, 3.8) is 0 Å². The van der Waals surface area contributed by atoms with Gasteiger partial charge in [0.15, 0.2) is 17.4 Å². The third-order valence-corrected chi connectivity index (χ3v) is 9.41. The Balaban J connectivity index is 1.04. The molecule has 7 rings (SSSR count). The van der Waals surface area contributed by atoms with Gasteiger partial charge in [0.1, 0.15) is 17.2 Å². The van der Waals surface area contributed by atoms with Crippen LogP contribution in [0.5, 0.6) is 5.75 Å². The Bertz CT molecular complexity index is 1880. The number of carbonyl (C=O) groups excluding carboxylic acids is 1. The number of hydrogen-bond donors (Lipinski definition) is 3. The number of phenols is 1. The Labute approximate surface area is 266 Å². The average molecular weight is 624 g/mol. The number of nitrogens with zero attached hydrogens (tertiary/aromatic N) is 7. The van der Waals surface area contributed by atoms with Crippen molar-refractivity contribution in [3.05, 3.63) is 71.2 Å². The number of aromatic nitrogens is 6. The molecule has 0 bridgehead atoms. The normalized spacial score (nSPS) is 17.6. The quantitative estimate of drug-likeness (QED) is 0.259. The van der Waals surface area contributed by atoms with Crippen LogP contribution in [0.4, 0.5) is 10.2 Å². The van der Waals surface area contributed by atoms with Gasteiger partial charge in [-0.15, -0.1) is 0 Å². The first-order chi connectivity index (χ1) is 22.3. The highest BCUT2D eigenvalue weighted by Gasteiger charge is 2.26. The number of fused-ring (bicyclic) bond motifs is 2. The Hall–Kier alpha value is -4.84. The molecule has 3 aromatic heterocycles. The summed E-state index contributed by atoms with van der Waals surface area (Å²) in [5.41, 5.74) is 6.21. The summed E-state index contributed by atoms with van der Waals surface area (Å²) in [6.45, 7) is 8.12. The number of likely N-dealkylation sites (N-methyl/N-ethyl adjacent to an activating group) is 1. The second-order valence-corrected chi connectivity index (χ2v) is 12.3. The monoisotopic (exact) mass is 623 g/mol. The summed E-state index contributed by atoms with van der Waals surface area (Å²) in [5, 5.41) is 18.4. The molecule has 12 heteroatoms. The van der Waals surface area contributed by atoms with E-state index < -0.39 is 5.82 Å². The van der Waals surface area contributed by atoms with Crippen molar-refractivity contribution in [1.82, 2.24) is 39.9 Å². The van der Waals surface area contributed by atoms with Crippen LogP contribution in [-0.4, -0.2) is 96.8 Å². The van der Waals surface area contributed by atoms with Gasteiger partial charge in [-0.05, 0) is 74.3 Å². The fourth-order valence-electron chi connectivity index (χ4n) is 6.55. The summed E-state index contributed by atoms with van der Waals surface area (Å²) in [5.74, 6) is 0.367. The standard InChI is InChI=1S/C34H38FN9O2/c1-4-21-15-30(45)25(35)16-24(21)22-6-7-23-28(14-22)40-41-32(23)33-38-26-8-12-43(13-9-27(26)39-33)34(46)29-17-37-31(18-36-29)44-11-5-10-42(3)20(2)19-44/h6-7,14-18,20,45H,4-5,8-13,19H2,1-3H3,(H,38,39)(H,40,41). The molecular weight excluding hydrogens is 585 g/mol. The van der Waals surface area contributed by atoms with Gasteiger partial charge in [-0.3, -0.25) is 9.89 Å². The van der Waals surface area contributed by atoms with E-state index in [9.17, 15) is 14.3 Å². The van der Waals surface area contributed by atoms with Crippen LogP contribution in [0.2, 0.25) is 0 Å². The molecule has 46 heavy (non-hydrogen) atoms. The van der Waals surface area contributed by atoms with Crippen molar-refractivity contribution >= 4 is 22.6 Å². The summed E-state index contributed by atoms with van der Waals surface area (Å²) in [4.78, 5) is 37.3. The van der Waals surface area contributed by atoms with Gasteiger partial charge in [-0.2, -0.15) is 5.10 Å². The van der Waals surface area contributed by atoms with E-state index in [1.165, 1.54) is 12.1 Å². The predicted octanol–water partition coefficient (Wildman–Crippen LogP) is 4.59. The lowest BCUT2D eigenvalue weighted by atomic mass is 9.96. The molecule has 5 aromatic rings. The van der Waals surface area contributed by atoms with Crippen molar-refractivity contribution in [3.8, 4) is 28.4 Å². The number of H-pyrrole nitrogens is 2. The van der Waals surface area contributed by atoms with Gasteiger partial charge < -0.3 is 24.8 Å². The fourth-order valence-corrected chi connectivity index (χ4v) is 6.55. The lowest BCUT2D eigenvalue weighted by Crippen LogP contribution is -2.37. The van der Waals surface area contributed by atoms with Gasteiger partial charge in [0.2, 0.25) is 0 Å². The van der Waals surface area contributed by atoms with Crippen LogP contribution < -0.4 is 4.90 Å². The number of rotatable bonds is 5. The number of aryl methyl sites for hydroxylation is 1. The minimum atomic E-state index is -0.646. The number of aromatic hydroxyl groups is 1. The zero-order valence-corrected chi connectivity index (χ0v) is 26.3. The van der Waals surface area contributed by atoms with Crippen LogP contribution in [0.15, 0.2) is 42.7 Å². The molecule has 2 aliphatic rings. The summed E-state index contributed by atoms with van der Waals surface area (Å²) in [6, 6.07) is 9.12. The number of benzene rings is 2. The Morgan fingerprint density at radius 3 is 2.74 bits per heavy atom. The van der Waals surface area contributed by atoms with Crippen LogP contribution in [0.25, 0.3) is 33.5 Å². The summed E-state index contributed by atoms with van der Waals surface area (Å²) < 4.78 is 14.2. The lowest BCUT2D eigenvalue weighted by molar-refractivity contribution is 0.0756. The number of nitrogens with one attached hydrogen (secondary N) is 2. The highest BCUT2D eigenvalue weighted by molar-refractivity contribution is 5.94. The number of aromatic amines is 2. The number of amides is 1. The Morgan fingerprint density at radius 1 is 1.09 bits per heavy atom. The van der Waals surface area contributed by atoms with Crippen molar-refractivity contribution in [2.24, 2.45) is 0 Å². The second kappa shape index (κ2) is 12.2. The first-order valence-corrected chi connectivity index (χ1v) is 15.9. The average Bonchev–Trinajstić information content (AvgIpc) is 3.57. The van der Waals surface area contributed by atoms with Crippen molar-refractivity contribution in [2.75, 3.05) is 44.7 Å². The molecule has 2 aliphatic heterocycles. The van der Waals surface area contributed by atoms with E-state index in [0.717, 1.165) is 70.9 Å². The first-order valence-electron chi connectivity index (χ1n) is 15.9. The molecule has 0 aliphatic carbocycles. The molecule has 1 atom stereocenters. The third-order valence-electron chi connectivity index (χ3n) is 9.41. The molecule has 3 N–H and O–H groups in total. The van der Waals surface area contributed by atoms with Crippen molar-refractivity contribution in [1.29, 1.82) is 0 Å². The van der Waals surface area contributed by atoms with E-state index in [2.05, 4.69) is 48.9 Å². The smallest absolute Gasteiger partial charge is 0.274 e. The van der Waals surface area contributed by atoms with Gasteiger partial charge in [0.25, 0.3) is 5.91 Å². The summed E-state index contributed by atoms with van der Waals surface area (Å²) in [7, 11) is 2.15. The fraction of sp³-hybridized carbons (Fsp3) is 0.382. The number of hydrogen-bond acceptors (Lipinski definition) is 8. The number of phenolic OH excluding ortho intramolecular Hbond substituents is 1. The molecule has 0 radical (unpaired) electrons. The van der Waals surface area contributed by atoms with E-state index in [4.69, 9.17) is 4.98 Å². The van der Waals surface area contributed by atoms with Crippen LogP contribution in [0, 0.1) is 5.82 Å². The van der Waals surface area contributed by atoms with Crippen LogP contribution in [0.1, 0.15) is 47.7 Å². The zero-order valence-electron chi connectivity index (χ0n) is 26.3. The minimum absolute atomic E-state index is 0.123. The highest BCUT2D eigenvalue weighted by Crippen LogP contribution is 2.34. The van der Waals surface area contributed by atoms with Gasteiger partial charge in [-0.25, -0.2) is 19.3 Å². The Morgan fingerprint density at radius 2 is 1.93 bits per heavy atom. The lowest BCUT2D eigenvalue weighted by Gasteiger charge is -2.26. The van der Waals surface area contributed by atoms with Crippen molar-refractivity contribution in [2.45, 2.75) is 45.6 Å². The molecule has 1 saturated heterocycles. The van der Waals surface area contributed by atoms with E-state index in [-0.39, 0.29) is 11.7 Å². The largest absolute Gasteiger partial charge is 0.505 e. The molecule has 0 saturated carbocycles. The SMILES string of the molecule is CCc1cc(O)c(F)cc1-c1ccc2c(-c3nc4c([nH]3)CCN(C(=O)c3cnc(N5CCCN(C)C(C)C5)cn3)CC4)n[nH]c2c1. The molecule has 0 spiro atoms. The van der Waals surface area contributed by atoms with Crippen molar-refractivity contribution < 1.29 is 14.3 Å². The molecule has 11 nitrogen and oxygen atoms in total. The van der Waals surface area contributed by atoms with Crippen LogP contribution in [0.3, 0.4) is 0 Å². The maximum Gasteiger partial charge on any atom is 0.274 e. The number of carbonyl (C=O) groups is 1. The highest BCUT2D eigenvalue weighted by atomic mass is 19.1. The van der Waals surface area contributed by atoms with E-state index in [1.54, 1.807) is 12.4 Å². The number of anilines is 1.